The number of aliphatic hydroxyl groups excluding tert-OH is 1. The van der Waals surface area contributed by atoms with Crippen molar-refractivity contribution < 1.29 is 9.90 Å². The van der Waals surface area contributed by atoms with Gasteiger partial charge in [-0.3, -0.25) is 4.79 Å². The lowest BCUT2D eigenvalue weighted by Gasteiger charge is -2.36. The summed E-state index contributed by atoms with van der Waals surface area (Å²) < 4.78 is 1.48. The van der Waals surface area contributed by atoms with Crippen molar-refractivity contribution in [1.82, 2.24) is 20.3 Å². The fourth-order valence-electron chi connectivity index (χ4n) is 2.35. The highest BCUT2D eigenvalue weighted by atomic mass is 16.3. The molecule has 0 spiro atoms. The van der Waals surface area contributed by atoms with Gasteiger partial charge in [-0.1, -0.05) is 24.5 Å². The molecule has 0 radical (unpaired) electrons. The molecule has 1 aromatic heterocycles. The maximum absolute atomic E-state index is 11.8. The van der Waals surface area contributed by atoms with Crippen molar-refractivity contribution in [2.45, 2.75) is 44.2 Å². The number of carbonyl (C=O) groups excluding carboxylic acids is 1. The molecule has 0 atom stereocenters. The topological polar surface area (TPSA) is 80.0 Å². The van der Waals surface area contributed by atoms with E-state index in [2.05, 4.69) is 15.6 Å². The van der Waals surface area contributed by atoms with E-state index in [1.54, 1.807) is 6.20 Å². The first kappa shape index (κ1) is 12.0. The number of aliphatic hydroxyl groups is 1. The van der Waals surface area contributed by atoms with Crippen LogP contribution in [0.3, 0.4) is 0 Å². The lowest BCUT2D eigenvalue weighted by atomic mass is 9.82. The molecule has 94 valence electrons. The highest BCUT2D eigenvalue weighted by molar-refractivity contribution is 5.76. The van der Waals surface area contributed by atoms with E-state index in [1.165, 1.54) is 17.3 Å². The quantitative estimate of drug-likeness (QED) is 0.779. The maximum Gasteiger partial charge on any atom is 0.242 e. The van der Waals surface area contributed by atoms with E-state index in [0.29, 0.717) is 0 Å². The number of nitrogens with zero attached hydrogens (tertiary/aromatic N) is 3. The SMILES string of the molecule is O=C(Cn1ccnn1)NC1(CO)CCCCC1. The predicted molar refractivity (Wildman–Crippen MR) is 61.1 cm³/mol. The smallest absolute Gasteiger partial charge is 0.242 e. The monoisotopic (exact) mass is 238 g/mol. The molecule has 1 aliphatic carbocycles. The Morgan fingerprint density at radius 3 is 2.76 bits per heavy atom. The maximum atomic E-state index is 11.8. The molecule has 1 heterocycles. The first-order chi connectivity index (χ1) is 8.24. The second-order valence-electron chi connectivity index (χ2n) is 4.65. The van der Waals surface area contributed by atoms with E-state index in [0.717, 1.165) is 25.7 Å². The van der Waals surface area contributed by atoms with Crippen molar-refractivity contribution in [3.8, 4) is 0 Å². The van der Waals surface area contributed by atoms with Gasteiger partial charge in [-0.05, 0) is 12.8 Å². The highest BCUT2D eigenvalue weighted by Gasteiger charge is 2.32. The molecule has 17 heavy (non-hydrogen) atoms. The average Bonchev–Trinajstić information content (AvgIpc) is 2.83. The predicted octanol–water partition coefficient (Wildman–Crippen LogP) is 0.0895. The Morgan fingerprint density at radius 2 is 2.18 bits per heavy atom. The zero-order chi connectivity index (χ0) is 12.1. The molecule has 1 amide bonds. The summed E-state index contributed by atoms with van der Waals surface area (Å²) in [5, 5.41) is 19.8. The highest BCUT2D eigenvalue weighted by Crippen LogP contribution is 2.27. The molecule has 0 aliphatic heterocycles. The van der Waals surface area contributed by atoms with Gasteiger partial charge in [0.15, 0.2) is 0 Å². The van der Waals surface area contributed by atoms with Crippen molar-refractivity contribution in [2.75, 3.05) is 6.61 Å². The van der Waals surface area contributed by atoms with Gasteiger partial charge in [0.25, 0.3) is 0 Å². The minimum atomic E-state index is -0.421. The van der Waals surface area contributed by atoms with E-state index >= 15 is 0 Å². The summed E-state index contributed by atoms with van der Waals surface area (Å²) in [6, 6.07) is 0. The van der Waals surface area contributed by atoms with E-state index in [9.17, 15) is 9.90 Å². The summed E-state index contributed by atoms with van der Waals surface area (Å²) in [6.45, 7) is 0.165. The standard InChI is InChI=1S/C11H18N4O2/c16-9-11(4-2-1-3-5-11)13-10(17)8-15-7-6-12-14-15/h6-7,16H,1-5,8-9H2,(H,13,17). The molecule has 1 fully saturated rings. The van der Waals surface area contributed by atoms with Gasteiger partial charge in [-0.25, -0.2) is 4.68 Å². The second kappa shape index (κ2) is 5.27. The van der Waals surface area contributed by atoms with Gasteiger partial charge >= 0.3 is 0 Å². The van der Waals surface area contributed by atoms with Crippen molar-refractivity contribution in [3.63, 3.8) is 0 Å². The zero-order valence-corrected chi connectivity index (χ0v) is 9.80. The Morgan fingerprint density at radius 1 is 1.41 bits per heavy atom. The third-order valence-corrected chi connectivity index (χ3v) is 3.30. The molecule has 1 aromatic rings. The number of hydrogen-bond donors (Lipinski definition) is 2. The average molecular weight is 238 g/mol. The minimum Gasteiger partial charge on any atom is -0.394 e. The Labute approximate surface area is 100 Å². The molecule has 2 N–H and O–H groups in total. The molecule has 1 aliphatic rings. The van der Waals surface area contributed by atoms with Crippen LogP contribution in [-0.2, 0) is 11.3 Å². The van der Waals surface area contributed by atoms with Gasteiger partial charge in [0, 0.05) is 6.20 Å². The first-order valence-corrected chi connectivity index (χ1v) is 6.00. The van der Waals surface area contributed by atoms with Gasteiger partial charge in [-0.15, -0.1) is 5.10 Å². The van der Waals surface area contributed by atoms with E-state index < -0.39 is 5.54 Å². The van der Waals surface area contributed by atoms with Crippen LogP contribution in [0.2, 0.25) is 0 Å². The number of rotatable bonds is 4. The molecule has 0 saturated heterocycles. The summed E-state index contributed by atoms with van der Waals surface area (Å²) in [5.41, 5.74) is -0.421. The summed E-state index contributed by atoms with van der Waals surface area (Å²) in [7, 11) is 0. The molecule has 6 nitrogen and oxygen atoms in total. The summed E-state index contributed by atoms with van der Waals surface area (Å²) in [6.07, 6.45) is 8.19. The van der Waals surface area contributed by atoms with Crippen LogP contribution >= 0.6 is 0 Å². The van der Waals surface area contributed by atoms with Gasteiger partial charge in [0.05, 0.1) is 18.3 Å². The molecular weight excluding hydrogens is 220 g/mol. The van der Waals surface area contributed by atoms with Crippen LogP contribution in [0.5, 0.6) is 0 Å². The normalized spacial score (nSPS) is 18.9. The fraction of sp³-hybridized carbons (Fsp3) is 0.727. The van der Waals surface area contributed by atoms with Gasteiger partial charge in [0.2, 0.25) is 5.91 Å². The van der Waals surface area contributed by atoms with Crippen molar-refractivity contribution >= 4 is 5.91 Å². The molecule has 6 heteroatoms. The Balaban J connectivity index is 1.91. The van der Waals surface area contributed by atoms with Crippen LogP contribution < -0.4 is 5.32 Å². The van der Waals surface area contributed by atoms with Crippen molar-refractivity contribution in [3.05, 3.63) is 12.4 Å². The van der Waals surface area contributed by atoms with Crippen LogP contribution in [0.25, 0.3) is 0 Å². The molecule has 0 unspecified atom stereocenters. The van der Waals surface area contributed by atoms with Gasteiger partial charge in [0.1, 0.15) is 6.54 Å². The second-order valence-corrected chi connectivity index (χ2v) is 4.65. The van der Waals surface area contributed by atoms with Crippen molar-refractivity contribution in [2.24, 2.45) is 0 Å². The molecule has 2 rings (SSSR count). The summed E-state index contributed by atoms with van der Waals surface area (Å²) >= 11 is 0. The Bertz CT molecular complexity index is 358. The lowest BCUT2D eigenvalue weighted by molar-refractivity contribution is -0.125. The van der Waals surface area contributed by atoms with Crippen LogP contribution in [0, 0.1) is 0 Å². The zero-order valence-electron chi connectivity index (χ0n) is 9.80. The third-order valence-electron chi connectivity index (χ3n) is 3.30. The van der Waals surface area contributed by atoms with Crippen LogP contribution in [0.4, 0.5) is 0 Å². The van der Waals surface area contributed by atoms with Crippen LogP contribution in [0.1, 0.15) is 32.1 Å². The summed E-state index contributed by atoms with van der Waals surface area (Å²) in [5.74, 6) is -0.119. The lowest BCUT2D eigenvalue weighted by Crippen LogP contribution is -2.53. The number of aromatic nitrogens is 3. The van der Waals surface area contributed by atoms with E-state index in [-0.39, 0.29) is 19.1 Å². The minimum absolute atomic E-state index is 0.0100. The Kier molecular flexibility index (Phi) is 3.73. The molecular formula is C11H18N4O2. The van der Waals surface area contributed by atoms with Gasteiger partial charge < -0.3 is 10.4 Å². The molecule has 0 bridgehead atoms. The van der Waals surface area contributed by atoms with E-state index in [4.69, 9.17) is 0 Å². The number of amides is 1. The van der Waals surface area contributed by atoms with Crippen molar-refractivity contribution in [1.29, 1.82) is 0 Å². The van der Waals surface area contributed by atoms with Crippen LogP contribution in [-0.4, -0.2) is 38.2 Å². The number of hydrogen-bond acceptors (Lipinski definition) is 4. The van der Waals surface area contributed by atoms with Crippen LogP contribution in [0.15, 0.2) is 12.4 Å². The van der Waals surface area contributed by atoms with E-state index in [1.807, 2.05) is 0 Å². The third kappa shape index (κ3) is 3.03. The number of carbonyl (C=O) groups is 1. The largest absolute Gasteiger partial charge is 0.394 e. The molecule has 1 saturated carbocycles. The number of nitrogens with one attached hydrogen (secondary N) is 1. The first-order valence-electron chi connectivity index (χ1n) is 6.00. The van der Waals surface area contributed by atoms with Gasteiger partial charge in [-0.2, -0.15) is 0 Å². The molecule has 0 aromatic carbocycles. The fourth-order valence-corrected chi connectivity index (χ4v) is 2.35. The summed E-state index contributed by atoms with van der Waals surface area (Å²) in [4.78, 5) is 11.8. The Hall–Kier alpha value is -1.43.